The predicted molar refractivity (Wildman–Crippen MR) is 231 cm³/mol. The second kappa shape index (κ2) is 19.4. The van der Waals surface area contributed by atoms with E-state index in [4.69, 9.17) is 28.4 Å². The Hall–Kier alpha value is -5.38. The van der Waals surface area contributed by atoms with E-state index in [2.05, 4.69) is 109 Å². The molecule has 8 nitrogen and oxygen atoms in total. The Bertz CT molecular complexity index is 2380. The van der Waals surface area contributed by atoms with Gasteiger partial charge in [0.1, 0.15) is 13.2 Å². The molecule has 0 N–H and O–H groups in total. The summed E-state index contributed by atoms with van der Waals surface area (Å²) in [5.41, 5.74) is 2.52. The molecular weight excluding hydrogens is 729 g/mol. The average molecular weight is 779 g/mol. The minimum atomic E-state index is -0.206. The van der Waals surface area contributed by atoms with E-state index in [1.165, 1.54) is 75.8 Å². The smallest absolute Gasteiger partial charge is 0.305 e. The van der Waals surface area contributed by atoms with Gasteiger partial charge in [0.25, 0.3) is 0 Å². The topological polar surface area (TPSA) is 89.5 Å². The van der Waals surface area contributed by atoms with Crippen LogP contribution in [0.1, 0.15) is 36.8 Å². The maximum atomic E-state index is 12.3. The van der Waals surface area contributed by atoms with Crippen molar-refractivity contribution < 1.29 is 38.0 Å². The number of carbonyl (C=O) groups is 2. The Morgan fingerprint density at radius 3 is 1.03 bits per heavy atom. The van der Waals surface area contributed by atoms with Gasteiger partial charge in [-0.15, -0.1) is 0 Å². The zero-order chi connectivity index (χ0) is 39.5. The van der Waals surface area contributed by atoms with Gasteiger partial charge in [0.15, 0.2) is 0 Å². The molecule has 0 heterocycles. The molecule has 0 unspecified atom stereocenters. The van der Waals surface area contributed by atoms with Crippen molar-refractivity contribution in [2.45, 2.75) is 38.5 Å². The first kappa shape index (κ1) is 39.4. The van der Waals surface area contributed by atoms with Crippen molar-refractivity contribution in [2.75, 3.05) is 66.1 Å². The first-order valence-electron chi connectivity index (χ1n) is 20.6. The van der Waals surface area contributed by atoms with Gasteiger partial charge in [-0.2, -0.15) is 0 Å². The van der Waals surface area contributed by atoms with Gasteiger partial charge in [-0.3, -0.25) is 9.59 Å². The van der Waals surface area contributed by atoms with Crippen LogP contribution in [0.5, 0.6) is 0 Å². The van der Waals surface area contributed by atoms with Gasteiger partial charge < -0.3 is 28.4 Å². The fourth-order valence-electron chi connectivity index (χ4n) is 8.21. The van der Waals surface area contributed by atoms with Crippen molar-refractivity contribution >= 4 is 76.6 Å². The highest BCUT2D eigenvalue weighted by atomic mass is 16.6. The molecule has 0 saturated heterocycles. The Morgan fingerprint density at radius 1 is 0.345 bits per heavy atom. The number of esters is 2. The first-order valence-corrected chi connectivity index (χ1v) is 20.6. The van der Waals surface area contributed by atoms with Crippen LogP contribution < -0.4 is 0 Å². The van der Waals surface area contributed by atoms with Crippen LogP contribution in [0.4, 0.5) is 0 Å². The van der Waals surface area contributed by atoms with Crippen LogP contribution in [0.25, 0.3) is 64.6 Å². The molecule has 0 radical (unpaired) electrons. The molecule has 0 atom stereocenters. The fraction of sp³-hybridized carbons (Fsp3) is 0.320. The highest BCUT2D eigenvalue weighted by Crippen LogP contribution is 2.37. The van der Waals surface area contributed by atoms with E-state index in [1.807, 2.05) is 0 Å². The lowest BCUT2D eigenvalue weighted by Gasteiger charge is -2.14. The molecule has 0 aromatic heterocycles. The van der Waals surface area contributed by atoms with E-state index >= 15 is 0 Å². The second-order valence-electron chi connectivity index (χ2n) is 14.8. The summed E-state index contributed by atoms with van der Waals surface area (Å²) in [5.74, 6) is -0.412. The van der Waals surface area contributed by atoms with Crippen molar-refractivity contribution in [2.24, 2.45) is 0 Å². The largest absolute Gasteiger partial charge is 0.463 e. The maximum Gasteiger partial charge on any atom is 0.305 e. The zero-order valence-electron chi connectivity index (χ0n) is 33.0. The molecule has 0 fully saturated rings. The first-order chi connectivity index (χ1) is 28.6. The van der Waals surface area contributed by atoms with E-state index < -0.39 is 0 Å². The molecule has 0 aliphatic carbocycles. The summed E-state index contributed by atoms with van der Waals surface area (Å²) in [4.78, 5) is 24.7. The van der Waals surface area contributed by atoms with Gasteiger partial charge in [-0.05, 0) is 101 Å². The van der Waals surface area contributed by atoms with Gasteiger partial charge in [0.05, 0.1) is 52.9 Å². The summed E-state index contributed by atoms with van der Waals surface area (Å²) in [6, 6.07) is 39.2. The highest BCUT2D eigenvalue weighted by Gasteiger charge is 2.13. The van der Waals surface area contributed by atoms with Crippen LogP contribution in [0, 0.1) is 0 Å². The Balaban J connectivity index is 0.601. The molecule has 0 bridgehead atoms. The zero-order valence-corrected chi connectivity index (χ0v) is 33.0. The molecule has 298 valence electrons. The molecule has 8 aromatic carbocycles. The van der Waals surface area contributed by atoms with Crippen molar-refractivity contribution in [1.29, 1.82) is 0 Å². The van der Waals surface area contributed by atoms with Crippen molar-refractivity contribution in [3.63, 3.8) is 0 Å². The van der Waals surface area contributed by atoms with Crippen molar-refractivity contribution in [3.8, 4) is 0 Å². The monoisotopic (exact) mass is 778 g/mol. The number of hydrogen-bond donors (Lipinski definition) is 0. The van der Waals surface area contributed by atoms with Crippen LogP contribution in [-0.2, 0) is 50.9 Å². The van der Waals surface area contributed by atoms with E-state index in [0.29, 0.717) is 65.7 Å². The summed E-state index contributed by atoms with van der Waals surface area (Å²) in [7, 11) is 0. The minimum Gasteiger partial charge on any atom is -0.463 e. The van der Waals surface area contributed by atoms with Gasteiger partial charge >= 0.3 is 11.9 Å². The quantitative estimate of drug-likeness (QED) is 0.0360. The summed E-state index contributed by atoms with van der Waals surface area (Å²) in [5, 5.41) is 15.3. The number of ether oxygens (including phenoxy) is 6. The van der Waals surface area contributed by atoms with Crippen LogP contribution in [0.3, 0.4) is 0 Å². The van der Waals surface area contributed by atoms with E-state index in [-0.39, 0.29) is 25.2 Å². The normalized spacial score (nSPS) is 11.9. The van der Waals surface area contributed by atoms with E-state index in [1.54, 1.807) is 0 Å². The van der Waals surface area contributed by atoms with Crippen LogP contribution in [-0.4, -0.2) is 78.0 Å². The van der Waals surface area contributed by atoms with Gasteiger partial charge in [0.2, 0.25) is 0 Å². The van der Waals surface area contributed by atoms with Crippen LogP contribution >= 0.6 is 0 Å². The third kappa shape index (κ3) is 9.32. The third-order valence-corrected chi connectivity index (χ3v) is 11.0. The minimum absolute atomic E-state index is 0.206. The number of rotatable bonds is 23. The molecule has 8 heteroatoms. The van der Waals surface area contributed by atoms with Crippen molar-refractivity contribution in [3.05, 3.63) is 120 Å². The maximum absolute atomic E-state index is 12.3. The summed E-state index contributed by atoms with van der Waals surface area (Å²) in [6.45, 7) is 3.67. The fourth-order valence-corrected chi connectivity index (χ4v) is 8.21. The van der Waals surface area contributed by atoms with Crippen LogP contribution in [0.15, 0.2) is 109 Å². The second-order valence-corrected chi connectivity index (χ2v) is 14.8. The molecule has 0 spiro atoms. The lowest BCUT2D eigenvalue weighted by Crippen LogP contribution is -2.15. The number of benzene rings is 8. The average Bonchev–Trinajstić information content (AvgIpc) is 3.25. The highest BCUT2D eigenvalue weighted by molar-refractivity contribution is 6.24. The van der Waals surface area contributed by atoms with Crippen molar-refractivity contribution in [1.82, 2.24) is 0 Å². The number of hydrogen-bond acceptors (Lipinski definition) is 8. The van der Waals surface area contributed by atoms with Gasteiger partial charge in [-0.1, -0.05) is 109 Å². The lowest BCUT2D eigenvalue weighted by atomic mass is 9.90. The molecular formula is C50H50O8. The molecule has 0 aliphatic rings. The molecule has 58 heavy (non-hydrogen) atoms. The Kier molecular flexibility index (Phi) is 13.2. The molecule has 8 rings (SSSR count). The Morgan fingerprint density at radius 2 is 0.655 bits per heavy atom. The summed E-state index contributed by atoms with van der Waals surface area (Å²) in [6.07, 6.45) is 3.83. The molecule has 0 saturated carbocycles. The Labute approximate surface area is 338 Å². The van der Waals surface area contributed by atoms with Crippen LogP contribution in [0.2, 0.25) is 0 Å². The van der Waals surface area contributed by atoms with Gasteiger partial charge in [0, 0.05) is 12.8 Å². The SMILES string of the molecule is O=C(CCCc1ccc2ccc3cccc4ccc1c2c34)OCCOCCOCCOCCOCCOC(=O)CCCc1ccc2ccc3cccc4ccc1c2c34. The third-order valence-electron chi connectivity index (χ3n) is 11.0. The number of aryl methyl sites for hydroxylation is 2. The summed E-state index contributed by atoms with van der Waals surface area (Å²) < 4.78 is 32.9. The molecule has 0 amide bonds. The predicted octanol–water partition coefficient (Wildman–Crippen LogP) is 9.98. The standard InChI is InChI=1S/C50H50O8/c51-45(11-3-5-35-13-15-41-19-17-37-7-1-9-39-21-23-43(35)49(41)47(37)39)57-33-31-55-29-27-53-25-26-54-28-30-56-32-34-58-46(52)12-4-6-36-14-16-42-20-18-38-8-2-10-40-22-24-44(36)50(42)48(38)40/h1-2,7-10,13-24H,3-6,11-12,25-34H2. The lowest BCUT2D eigenvalue weighted by molar-refractivity contribution is -0.146. The number of carbonyl (C=O) groups excluding carboxylic acids is 2. The molecule has 0 aliphatic heterocycles. The van der Waals surface area contributed by atoms with E-state index in [0.717, 1.165) is 25.7 Å². The van der Waals surface area contributed by atoms with Gasteiger partial charge in [-0.25, -0.2) is 0 Å². The summed E-state index contributed by atoms with van der Waals surface area (Å²) >= 11 is 0. The van der Waals surface area contributed by atoms with E-state index in [9.17, 15) is 9.59 Å². The molecule has 8 aromatic rings.